The fraction of sp³-hybridized carbons (Fsp3) is 0.562. The summed E-state index contributed by atoms with van der Waals surface area (Å²) in [7, 11) is 0. The molecule has 2 nitrogen and oxygen atoms in total. The van der Waals surface area contributed by atoms with Crippen molar-refractivity contribution < 1.29 is 4.79 Å². The maximum Gasteiger partial charge on any atom is 0.130 e. The van der Waals surface area contributed by atoms with Gasteiger partial charge in [0.1, 0.15) is 5.78 Å². The van der Waals surface area contributed by atoms with Crippen molar-refractivity contribution in [2.75, 3.05) is 5.32 Å². The normalized spacial score (nSPS) is 14.1. The molecule has 0 heterocycles. The Morgan fingerprint density at radius 1 is 1.28 bits per heavy atom. The first-order chi connectivity index (χ1) is 8.45. The van der Waals surface area contributed by atoms with Crippen molar-refractivity contribution in [3.05, 3.63) is 29.3 Å². The van der Waals surface area contributed by atoms with Crippen LogP contribution in [0.5, 0.6) is 0 Å². The lowest BCUT2D eigenvalue weighted by Crippen LogP contribution is -2.28. The highest BCUT2D eigenvalue weighted by atomic mass is 16.1. The highest BCUT2D eigenvalue weighted by Gasteiger charge is 2.18. The van der Waals surface area contributed by atoms with Gasteiger partial charge in [0, 0.05) is 18.2 Å². The summed E-state index contributed by atoms with van der Waals surface area (Å²) in [4.78, 5) is 11.2. The van der Waals surface area contributed by atoms with Crippen LogP contribution in [-0.4, -0.2) is 11.8 Å². The molecule has 2 atom stereocenters. The van der Waals surface area contributed by atoms with Crippen molar-refractivity contribution in [3.8, 4) is 0 Å². The molecule has 0 spiro atoms. The van der Waals surface area contributed by atoms with Crippen molar-refractivity contribution in [1.29, 1.82) is 0 Å². The molecule has 1 aromatic carbocycles. The van der Waals surface area contributed by atoms with Crippen molar-refractivity contribution in [3.63, 3.8) is 0 Å². The van der Waals surface area contributed by atoms with Crippen LogP contribution in [0, 0.1) is 19.8 Å². The molecule has 0 aliphatic rings. The molecule has 0 saturated carbocycles. The third-order valence-electron chi connectivity index (χ3n) is 3.55. The van der Waals surface area contributed by atoms with Gasteiger partial charge in [0.15, 0.2) is 0 Å². The van der Waals surface area contributed by atoms with E-state index in [2.05, 4.69) is 51.2 Å². The van der Waals surface area contributed by atoms with Crippen LogP contribution >= 0.6 is 0 Å². The summed E-state index contributed by atoms with van der Waals surface area (Å²) < 4.78 is 0. The Morgan fingerprint density at radius 2 is 1.83 bits per heavy atom. The van der Waals surface area contributed by atoms with Gasteiger partial charge < -0.3 is 10.1 Å². The van der Waals surface area contributed by atoms with Gasteiger partial charge in [-0.2, -0.15) is 0 Å². The van der Waals surface area contributed by atoms with E-state index in [1.807, 2.05) is 0 Å². The first-order valence-corrected chi connectivity index (χ1v) is 6.77. The van der Waals surface area contributed by atoms with E-state index in [9.17, 15) is 4.79 Å². The molecule has 100 valence electrons. The Labute approximate surface area is 111 Å². The number of hydrogen-bond acceptors (Lipinski definition) is 2. The molecule has 0 radical (unpaired) electrons. The Morgan fingerprint density at radius 3 is 2.28 bits per heavy atom. The van der Waals surface area contributed by atoms with Crippen LogP contribution in [0.15, 0.2) is 18.2 Å². The van der Waals surface area contributed by atoms with Gasteiger partial charge in [-0.05, 0) is 44.2 Å². The van der Waals surface area contributed by atoms with Gasteiger partial charge >= 0.3 is 0 Å². The first kappa shape index (κ1) is 14.7. The first-order valence-electron chi connectivity index (χ1n) is 6.77. The Bertz CT molecular complexity index is 391. The molecule has 0 amide bonds. The van der Waals surface area contributed by atoms with Crippen LogP contribution in [0.25, 0.3) is 0 Å². The summed E-state index contributed by atoms with van der Waals surface area (Å²) in [6.07, 6.45) is 1.68. The second kappa shape index (κ2) is 6.58. The van der Waals surface area contributed by atoms with Crippen LogP contribution in [0.2, 0.25) is 0 Å². The van der Waals surface area contributed by atoms with Gasteiger partial charge in [0.05, 0.1) is 0 Å². The quantitative estimate of drug-likeness (QED) is 0.819. The van der Waals surface area contributed by atoms with Crippen molar-refractivity contribution in [2.24, 2.45) is 5.92 Å². The van der Waals surface area contributed by atoms with E-state index >= 15 is 0 Å². The number of aryl methyl sites for hydroxylation is 2. The van der Waals surface area contributed by atoms with Crippen LogP contribution in [0.4, 0.5) is 5.69 Å². The number of carbonyl (C=O) groups is 1. The molecule has 2 heteroatoms. The number of nitrogens with one attached hydrogen (secondary N) is 1. The summed E-state index contributed by atoms with van der Waals surface area (Å²) >= 11 is 0. The minimum absolute atomic E-state index is 0.268. The third kappa shape index (κ3) is 3.86. The average molecular weight is 247 g/mol. The fourth-order valence-electron chi connectivity index (χ4n) is 2.47. The van der Waals surface area contributed by atoms with E-state index < -0.39 is 0 Å². The molecule has 2 unspecified atom stereocenters. The van der Waals surface area contributed by atoms with Gasteiger partial charge in [0.25, 0.3) is 0 Å². The lowest BCUT2D eigenvalue weighted by molar-refractivity contribution is -0.117. The molecule has 0 saturated heterocycles. The van der Waals surface area contributed by atoms with Crippen molar-refractivity contribution in [1.82, 2.24) is 0 Å². The molecule has 0 aliphatic carbocycles. The van der Waals surface area contributed by atoms with E-state index in [1.54, 1.807) is 6.92 Å². The van der Waals surface area contributed by atoms with E-state index in [-0.39, 0.29) is 5.78 Å². The number of carbonyl (C=O) groups excluding carboxylic acids is 1. The summed E-state index contributed by atoms with van der Waals surface area (Å²) in [6.45, 7) is 10.2. The van der Waals surface area contributed by atoms with E-state index in [1.165, 1.54) is 16.8 Å². The van der Waals surface area contributed by atoms with Crippen molar-refractivity contribution in [2.45, 2.75) is 53.5 Å². The number of para-hydroxylation sites is 1. The van der Waals surface area contributed by atoms with Crippen LogP contribution in [0.1, 0.15) is 44.7 Å². The Hall–Kier alpha value is -1.31. The second-order valence-corrected chi connectivity index (χ2v) is 5.31. The van der Waals surface area contributed by atoms with E-state index in [0.29, 0.717) is 18.4 Å². The van der Waals surface area contributed by atoms with Gasteiger partial charge in [-0.3, -0.25) is 0 Å². The van der Waals surface area contributed by atoms with Crippen molar-refractivity contribution >= 4 is 11.5 Å². The molecular formula is C16H25NO. The number of anilines is 1. The molecular weight excluding hydrogens is 222 g/mol. The standard InChI is InChI=1S/C16H25NO/c1-6-15(13(4)10-14(5)18)17-16-11(2)8-7-9-12(16)3/h7-9,13,15,17H,6,10H2,1-5H3. The lowest BCUT2D eigenvalue weighted by Gasteiger charge is -2.26. The minimum atomic E-state index is 0.268. The molecule has 1 aromatic rings. The maximum absolute atomic E-state index is 11.2. The second-order valence-electron chi connectivity index (χ2n) is 5.31. The zero-order valence-corrected chi connectivity index (χ0v) is 12.2. The highest BCUT2D eigenvalue weighted by Crippen LogP contribution is 2.24. The van der Waals surface area contributed by atoms with Gasteiger partial charge in [-0.1, -0.05) is 32.0 Å². The highest BCUT2D eigenvalue weighted by molar-refractivity contribution is 5.75. The molecule has 0 aliphatic heterocycles. The number of Topliss-reactive ketones (excluding diaryl/α,β-unsaturated/α-hetero) is 1. The van der Waals surface area contributed by atoms with Gasteiger partial charge in [0.2, 0.25) is 0 Å². The molecule has 18 heavy (non-hydrogen) atoms. The minimum Gasteiger partial charge on any atom is -0.382 e. The predicted octanol–water partition coefficient (Wildman–Crippen LogP) is 4.11. The van der Waals surface area contributed by atoms with Gasteiger partial charge in [-0.25, -0.2) is 0 Å². The third-order valence-corrected chi connectivity index (χ3v) is 3.55. The van der Waals surface area contributed by atoms with E-state index in [4.69, 9.17) is 0 Å². The maximum atomic E-state index is 11.2. The fourth-order valence-corrected chi connectivity index (χ4v) is 2.47. The number of hydrogen-bond donors (Lipinski definition) is 1. The summed E-state index contributed by atoms with van der Waals surface area (Å²) in [5.74, 6) is 0.635. The molecule has 0 aromatic heterocycles. The molecule has 0 bridgehead atoms. The largest absolute Gasteiger partial charge is 0.382 e. The zero-order valence-electron chi connectivity index (χ0n) is 12.2. The molecule has 1 N–H and O–H groups in total. The number of rotatable bonds is 6. The average Bonchev–Trinajstić information content (AvgIpc) is 2.27. The number of ketones is 1. The Balaban J connectivity index is 2.82. The molecule has 0 fully saturated rings. The lowest BCUT2D eigenvalue weighted by atomic mass is 9.93. The SMILES string of the molecule is CCC(Nc1c(C)cccc1C)C(C)CC(C)=O. The van der Waals surface area contributed by atoms with Gasteiger partial charge in [-0.15, -0.1) is 0 Å². The van der Waals surface area contributed by atoms with Crippen LogP contribution < -0.4 is 5.32 Å². The van der Waals surface area contributed by atoms with Crippen LogP contribution in [-0.2, 0) is 4.79 Å². The summed E-state index contributed by atoms with van der Waals surface area (Å²) in [5.41, 5.74) is 3.76. The smallest absolute Gasteiger partial charge is 0.130 e. The molecule has 1 rings (SSSR count). The zero-order chi connectivity index (χ0) is 13.7. The number of benzene rings is 1. The predicted molar refractivity (Wildman–Crippen MR) is 78.1 cm³/mol. The topological polar surface area (TPSA) is 29.1 Å². The van der Waals surface area contributed by atoms with E-state index in [0.717, 1.165) is 6.42 Å². The Kier molecular flexibility index (Phi) is 5.39. The van der Waals surface area contributed by atoms with Crippen LogP contribution in [0.3, 0.4) is 0 Å². The monoisotopic (exact) mass is 247 g/mol. The summed E-state index contributed by atoms with van der Waals surface area (Å²) in [6, 6.07) is 6.68. The summed E-state index contributed by atoms with van der Waals surface area (Å²) in [5, 5.41) is 3.62.